The maximum Gasteiger partial charge on any atom is 0.342 e. The number of aryl methyl sites for hydroxylation is 1. The standard InChI is InChI=1S/C20H24ClFN2O2/c1-23-13-5-4-6-14(23)12-15(11-13)26-20(25)18-16-7-2-3-8-17(16)24(10-9-22)19(18)21/h2-3,7-8,13-15H,4-6,9-12H2,1H3/t13-,14+,15?. The average Bonchev–Trinajstić information content (AvgIpc) is 2.88. The van der Waals surface area contributed by atoms with E-state index in [0.717, 1.165) is 36.6 Å². The van der Waals surface area contributed by atoms with Crippen LogP contribution < -0.4 is 0 Å². The number of piperidine rings is 2. The minimum absolute atomic E-state index is 0.0756. The number of fused-ring (bicyclic) bond motifs is 3. The molecule has 0 aliphatic carbocycles. The average molecular weight is 379 g/mol. The fourth-order valence-corrected chi connectivity index (χ4v) is 5.00. The number of hydrogen-bond acceptors (Lipinski definition) is 3. The van der Waals surface area contributed by atoms with Crippen LogP contribution in [0.1, 0.15) is 42.5 Å². The third-order valence-electron chi connectivity index (χ3n) is 5.99. The molecule has 0 N–H and O–H groups in total. The van der Waals surface area contributed by atoms with Crippen LogP contribution in [0.5, 0.6) is 0 Å². The second-order valence-corrected chi connectivity index (χ2v) is 7.78. The highest BCUT2D eigenvalue weighted by Crippen LogP contribution is 2.36. The summed E-state index contributed by atoms with van der Waals surface area (Å²) in [5, 5.41) is 0.992. The van der Waals surface area contributed by atoms with Crippen molar-refractivity contribution in [2.75, 3.05) is 13.7 Å². The van der Waals surface area contributed by atoms with Gasteiger partial charge in [-0.25, -0.2) is 9.18 Å². The molecule has 2 saturated heterocycles. The van der Waals surface area contributed by atoms with E-state index in [9.17, 15) is 9.18 Å². The van der Waals surface area contributed by atoms with Crippen LogP contribution >= 0.6 is 11.6 Å². The predicted octanol–water partition coefficient (Wildman–Crippen LogP) is 4.44. The van der Waals surface area contributed by atoms with Crippen molar-refractivity contribution in [2.24, 2.45) is 0 Å². The van der Waals surface area contributed by atoms with E-state index in [0.29, 0.717) is 17.6 Å². The van der Waals surface area contributed by atoms with Crippen LogP contribution in [0, 0.1) is 0 Å². The van der Waals surface area contributed by atoms with Crippen molar-refractivity contribution in [3.05, 3.63) is 35.0 Å². The molecule has 1 unspecified atom stereocenters. The Balaban J connectivity index is 1.60. The zero-order chi connectivity index (χ0) is 18.3. The highest BCUT2D eigenvalue weighted by atomic mass is 35.5. The van der Waals surface area contributed by atoms with Gasteiger partial charge in [0.25, 0.3) is 0 Å². The number of alkyl halides is 1. The highest BCUT2D eigenvalue weighted by molar-refractivity contribution is 6.35. The van der Waals surface area contributed by atoms with Crippen LogP contribution in [0.15, 0.2) is 24.3 Å². The molecule has 0 radical (unpaired) electrons. The molecule has 26 heavy (non-hydrogen) atoms. The number of hydrogen-bond donors (Lipinski definition) is 0. The van der Waals surface area contributed by atoms with Crippen molar-refractivity contribution < 1.29 is 13.9 Å². The molecule has 1 aromatic heterocycles. The van der Waals surface area contributed by atoms with E-state index in [-0.39, 0.29) is 17.8 Å². The molecule has 6 heteroatoms. The molecule has 0 spiro atoms. The van der Waals surface area contributed by atoms with Gasteiger partial charge in [-0.1, -0.05) is 36.2 Å². The van der Waals surface area contributed by atoms with Crippen LogP contribution in [-0.4, -0.2) is 47.3 Å². The molecule has 0 saturated carbocycles. The molecule has 4 rings (SSSR count). The Morgan fingerprint density at radius 1 is 1.27 bits per heavy atom. The Morgan fingerprint density at radius 3 is 2.65 bits per heavy atom. The van der Waals surface area contributed by atoms with Gasteiger partial charge in [0.05, 0.1) is 12.1 Å². The Morgan fingerprint density at radius 2 is 1.96 bits per heavy atom. The minimum atomic E-state index is -0.537. The van der Waals surface area contributed by atoms with E-state index in [1.54, 1.807) is 4.57 Å². The fraction of sp³-hybridized carbons (Fsp3) is 0.550. The first-order valence-corrected chi connectivity index (χ1v) is 9.73. The first-order chi connectivity index (χ1) is 12.6. The summed E-state index contributed by atoms with van der Waals surface area (Å²) in [7, 11) is 2.17. The fourth-order valence-electron chi connectivity index (χ4n) is 4.64. The molecule has 0 amide bonds. The molecular formula is C20H24ClFN2O2. The molecule has 3 atom stereocenters. The van der Waals surface area contributed by atoms with E-state index >= 15 is 0 Å². The van der Waals surface area contributed by atoms with E-state index in [2.05, 4.69) is 11.9 Å². The minimum Gasteiger partial charge on any atom is -0.459 e. The lowest BCUT2D eigenvalue weighted by Gasteiger charge is -2.46. The predicted molar refractivity (Wildman–Crippen MR) is 101 cm³/mol. The van der Waals surface area contributed by atoms with Gasteiger partial charge in [0.15, 0.2) is 0 Å². The Bertz CT molecular complexity index is 807. The van der Waals surface area contributed by atoms with Crippen molar-refractivity contribution in [3.8, 4) is 0 Å². The third-order valence-corrected chi connectivity index (χ3v) is 6.38. The van der Waals surface area contributed by atoms with Crippen LogP contribution in [0.2, 0.25) is 5.15 Å². The van der Waals surface area contributed by atoms with Crippen LogP contribution in [0.3, 0.4) is 0 Å². The largest absolute Gasteiger partial charge is 0.459 e. The number of nitrogens with zero attached hydrogens (tertiary/aromatic N) is 2. The number of esters is 1. The zero-order valence-electron chi connectivity index (χ0n) is 15.0. The normalized spacial score (nSPS) is 26.2. The summed E-state index contributed by atoms with van der Waals surface area (Å²) in [5.41, 5.74) is 1.13. The summed E-state index contributed by atoms with van der Waals surface area (Å²) >= 11 is 6.45. The maximum atomic E-state index is 12.9. The van der Waals surface area contributed by atoms with Gasteiger partial charge >= 0.3 is 5.97 Å². The molecule has 1 aromatic carbocycles. The number of carbonyl (C=O) groups excluding carboxylic acids is 1. The SMILES string of the molecule is CN1[C@@H]2CCC[C@H]1CC(OC(=O)c1c(Cl)n(CCF)c3ccccc13)C2. The molecule has 2 aromatic rings. The number of aromatic nitrogens is 1. The van der Waals surface area contributed by atoms with E-state index in [1.165, 1.54) is 6.42 Å². The van der Waals surface area contributed by atoms with E-state index in [1.807, 2.05) is 24.3 Å². The van der Waals surface area contributed by atoms with Crippen LogP contribution in [-0.2, 0) is 11.3 Å². The number of carbonyl (C=O) groups is 1. The number of rotatable bonds is 4. The lowest BCUT2D eigenvalue weighted by atomic mass is 9.83. The maximum absolute atomic E-state index is 12.9. The molecule has 2 fully saturated rings. The summed E-state index contributed by atoms with van der Waals surface area (Å²) in [5.74, 6) is -0.392. The van der Waals surface area contributed by atoms with Crippen LogP contribution in [0.25, 0.3) is 10.9 Å². The second-order valence-electron chi connectivity index (χ2n) is 7.43. The summed E-state index contributed by atoms with van der Waals surface area (Å²) in [6, 6.07) is 8.40. The zero-order valence-corrected chi connectivity index (χ0v) is 15.7. The molecule has 3 heterocycles. The summed E-state index contributed by atoms with van der Waals surface area (Å²) < 4.78 is 20.5. The Labute approximate surface area is 157 Å². The van der Waals surface area contributed by atoms with Gasteiger partial charge in [0, 0.05) is 30.3 Å². The first-order valence-electron chi connectivity index (χ1n) is 9.35. The molecule has 140 valence electrons. The first kappa shape index (κ1) is 17.8. The van der Waals surface area contributed by atoms with Gasteiger partial charge in [-0.05, 0) is 26.0 Å². The molecule has 2 aliphatic rings. The number of benzene rings is 1. The third kappa shape index (κ3) is 3.01. The Hall–Kier alpha value is -1.59. The number of halogens is 2. The van der Waals surface area contributed by atoms with Gasteiger partial charge in [-0.3, -0.25) is 0 Å². The van der Waals surface area contributed by atoms with Gasteiger partial charge in [0.1, 0.15) is 23.5 Å². The Kier molecular flexibility index (Phi) is 4.93. The van der Waals surface area contributed by atoms with Crippen molar-refractivity contribution in [1.29, 1.82) is 0 Å². The summed E-state index contributed by atoms with van der Waals surface area (Å²) in [6.07, 6.45) is 5.25. The molecular weight excluding hydrogens is 355 g/mol. The summed E-state index contributed by atoms with van der Waals surface area (Å²) in [4.78, 5) is 15.4. The van der Waals surface area contributed by atoms with E-state index in [4.69, 9.17) is 16.3 Å². The van der Waals surface area contributed by atoms with Crippen molar-refractivity contribution in [2.45, 2.75) is 56.8 Å². The summed E-state index contributed by atoms with van der Waals surface area (Å²) in [6.45, 7) is -0.407. The molecule has 2 aliphatic heterocycles. The molecule has 2 bridgehead atoms. The highest BCUT2D eigenvalue weighted by Gasteiger charge is 2.38. The lowest BCUT2D eigenvalue weighted by molar-refractivity contribution is -0.0317. The van der Waals surface area contributed by atoms with Crippen molar-refractivity contribution in [1.82, 2.24) is 9.47 Å². The topological polar surface area (TPSA) is 34.5 Å². The van der Waals surface area contributed by atoms with Gasteiger partial charge in [-0.2, -0.15) is 0 Å². The molecule has 4 nitrogen and oxygen atoms in total. The van der Waals surface area contributed by atoms with Gasteiger partial charge in [0.2, 0.25) is 0 Å². The number of ether oxygens (including phenoxy) is 1. The van der Waals surface area contributed by atoms with Crippen molar-refractivity contribution in [3.63, 3.8) is 0 Å². The number of para-hydroxylation sites is 1. The monoisotopic (exact) mass is 378 g/mol. The second kappa shape index (κ2) is 7.20. The van der Waals surface area contributed by atoms with Crippen molar-refractivity contribution >= 4 is 28.5 Å². The smallest absolute Gasteiger partial charge is 0.342 e. The van der Waals surface area contributed by atoms with E-state index < -0.39 is 12.6 Å². The van der Waals surface area contributed by atoms with Crippen LogP contribution in [0.4, 0.5) is 4.39 Å². The quantitative estimate of drug-likeness (QED) is 0.738. The van der Waals surface area contributed by atoms with Gasteiger partial charge in [-0.15, -0.1) is 0 Å². The lowest BCUT2D eigenvalue weighted by Crippen LogP contribution is -2.52. The van der Waals surface area contributed by atoms with Gasteiger partial charge < -0.3 is 14.2 Å².